The van der Waals surface area contributed by atoms with Gasteiger partial charge < -0.3 is 9.47 Å². The highest BCUT2D eigenvalue weighted by Gasteiger charge is 2.51. The molecule has 4 rings (SSSR count). The van der Waals surface area contributed by atoms with Crippen LogP contribution in [0.15, 0.2) is 0 Å². The molecule has 0 aromatic heterocycles. The van der Waals surface area contributed by atoms with Crippen LogP contribution in [0.25, 0.3) is 0 Å². The number of hydrogen-bond acceptors (Lipinski definition) is 5. The highest BCUT2D eigenvalue weighted by Crippen LogP contribution is 2.41. The third-order valence-corrected chi connectivity index (χ3v) is 5.28. The van der Waals surface area contributed by atoms with Gasteiger partial charge in [-0.25, -0.2) is 4.79 Å². The monoisotopic (exact) mass is 266 g/mol. The van der Waals surface area contributed by atoms with Gasteiger partial charge in [0.2, 0.25) is 0 Å². The van der Waals surface area contributed by atoms with E-state index >= 15 is 0 Å². The fourth-order valence-corrected chi connectivity index (χ4v) is 4.59. The molecular formula is C14H22N2O3. The maximum Gasteiger partial charge on any atom is 0.508 e. The van der Waals surface area contributed by atoms with E-state index in [-0.39, 0.29) is 5.41 Å². The lowest BCUT2D eigenvalue weighted by Gasteiger charge is -2.58. The summed E-state index contributed by atoms with van der Waals surface area (Å²) >= 11 is 0. The van der Waals surface area contributed by atoms with E-state index in [4.69, 9.17) is 9.47 Å². The van der Waals surface area contributed by atoms with Crippen LogP contribution >= 0.6 is 0 Å². The van der Waals surface area contributed by atoms with Gasteiger partial charge in [0.05, 0.1) is 11.6 Å². The van der Waals surface area contributed by atoms with E-state index in [0.717, 1.165) is 19.0 Å². The number of piperidine rings is 2. The van der Waals surface area contributed by atoms with Crippen LogP contribution < -0.4 is 0 Å². The minimum Gasteiger partial charge on any atom is -0.433 e. The fourth-order valence-electron chi connectivity index (χ4n) is 4.59. The highest BCUT2D eigenvalue weighted by molar-refractivity contribution is 5.60. The van der Waals surface area contributed by atoms with Crippen LogP contribution in [-0.2, 0) is 9.47 Å². The largest absolute Gasteiger partial charge is 0.508 e. The van der Waals surface area contributed by atoms with E-state index in [1.807, 2.05) is 0 Å². The molecule has 0 radical (unpaired) electrons. The summed E-state index contributed by atoms with van der Waals surface area (Å²) in [5.41, 5.74) is 0.00361. The first-order valence-electron chi connectivity index (χ1n) is 7.54. The van der Waals surface area contributed by atoms with Crippen molar-refractivity contribution in [2.24, 2.45) is 11.3 Å². The Morgan fingerprint density at radius 2 is 1.58 bits per heavy atom. The molecule has 1 spiro atoms. The Bertz CT molecular complexity index is 355. The van der Waals surface area contributed by atoms with Crippen molar-refractivity contribution in [2.45, 2.75) is 31.8 Å². The second kappa shape index (κ2) is 4.35. The molecule has 4 heterocycles. The molecule has 0 amide bonds. The summed E-state index contributed by atoms with van der Waals surface area (Å²) in [4.78, 5) is 16.4. The smallest absolute Gasteiger partial charge is 0.433 e. The first-order chi connectivity index (χ1) is 9.26. The van der Waals surface area contributed by atoms with E-state index in [1.54, 1.807) is 0 Å². The maximum absolute atomic E-state index is 11.1. The van der Waals surface area contributed by atoms with Crippen molar-refractivity contribution in [1.82, 2.24) is 9.80 Å². The molecule has 0 bridgehead atoms. The first-order valence-corrected chi connectivity index (χ1v) is 7.54. The van der Waals surface area contributed by atoms with Gasteiger partial charge in [0.15, 0.2) is 0 Å². The molecule has 4 aliphatic heterocycles. The standard InChI is InChI=1S/C14H22N2O3/c17-13-18-9-14(10-19-13)7-15-5-1-3-11-4-2-6-16(8-14)12(11)15/h11-12H,1-10H2. The second-order valence-corrected chi connectivity index (χ2v) is 6.73. The summed E-state index contributed by atoms with van der Waals surface area (Å²) in [5.74, 6) is 0.854. The summed E-state index contributed by atoms with van der Waals surface area (Å²) in [6.45, 7) is 5.48. The van der Waals surface area contributed by atoms with E-state index in [2.05, 4.69) is 9.80 Å². The van der Waals surface area contributed by atoms with Crippen molar-refractivity contribution in [2.75, 3.05) is 39.4 Å². The summed E-state index contributed by atoms with van der Waals surface area (Å²) in [6.07, 6.45) is 5.54. The van der Waals surface area contributed by atoms with Crippen LogP contribution in [0.4, 0.5) is 4.79 Å². The van der Waals surface area contributed by atoms with Gasteiger partial charge in [-0.1, -0.05) is 0 Å². The number of rotatable bonds is 0. The van der Waals surface area contributed by atoms with Crippen LogP contribution in [0.3, 0.4) is 0 Å². The van der Waals surface area contributed by atoms with Crippen LogP contribution in [0, 0.1) is 11.3 Å². The van der Waals surface area contributed by atoms with Crippen molar-refractivity contribution in [1.29, 1.82) is 0 Å². The molecule has 0 atom stereocenters. The van der Waals surface area contributed by atoms with Crippen LogP contribution in [0.2, 0.25) is 0 Å². The minimum absolute atomic E-state index is 0.00361. The fraction of sp³-hybridized carbons (Fsp3) is 0.929. The third-order valence-electron chi connectivity index (χ3n) is 5.28. The quantitative estimate of drug-likeness (QED) is 0.618. The van der Waals surface area contributed by atoms with Gasteiger partial charge >= 0.3 is 6.16 Å². The van der Waals surface area contributed by atoms with Gasteiger partial charge in [0.1, 0.15) is 13.2 Å². The van der Waals surface area contributed by atoms with Gasteiger partial charge in [0, 0.05) is 13.1 Å². The Kier molecular flexibility index (Phi) is 2.74. The summed E-state index contributed by atoms with van der Waals surface area (Å²) < 4.78 is 10.3. The van der Waals surface area contributed by atoms with Crippen LogP contribution in [0.5, 0.6) is 0 Å². The zero-order valence-corrected chi connectivity index (χ0v) is 11.3. The van der Waals surface area contributed by atoms with E-state index in [0.29, 0.717) is 19.4 Å². The molecule has 0 aromatic carbocycles. The van der Waals surface area contributed by atoms with Gasteiger partial charge in [-0.15, -0.1) is 0 Å². The molecule has 19 heavy (non-hydrogen) atoms. The zero-order valence-electron chi connectivity index (χ0n) is 11.3. The molecule has 4 saturated heterocycles. The predicted molar refractivity (Wildman–Crippen MR) is 68.6 cm³/mol. The Hall–Kier alpha value is -0.810. The van der Waals surface area contributed by atoms with Crippen LogP contribution in [-0.4, -0.2) is 61.5 Å². The summed E-state index contributed by atoms with van der Waals surface area (Å²) in [6, 6.07) is 0. The molecule has 5 nitrogen and oxygen atoms in total. The molecule has 0 aromatic rings. The molecule has 5 heteroatoms. The first kappa shape index (κ1) is 12.0. The van der Waals surface area contributed by atoms with Crippen molar-refractivity contribution in [3.05, 3.63) is 0 Å². The number of cyclic esters (lactones) is 2. The number of nitrogens with zero attached hydrogens (tertiary/aromatic N) is 2. The average molecular weight is 266 g/mol. The van der Waals surface area contributed by atoms with Crippen LogP contribution in [0.1, 0.15) is 25.7 Å². The average Bonchev–Trinajstić information content (AvgIpc) is 2.43. The van der Waals surface area contributed by atoms with Crippen molar-refractivity contribution >= 4 is 6.16 Å². The third kappa shape index (κ3) is 1.94. The molecule has 0 aliphatic carbocycles. The van der Waals surface area contributed by atoms with E-state index in [9.17, 15) is 4.79 Å². The summed E-state index contributed by atoms with van der Waals surface area (Å²) in [5, 5.41) is 0. The minimum atomic E-state index is -0.497. The summed E-state index contributed by atoms with van der Waals surface area (Å²) in [7, 11) is 0. The number of hydrogen-bond donors (Lipinski definition) is 0. The molecule has 0 N–H and O–H groups in total. The lowest BCUT2D eigenvalue weighted by atomic mass is 9.78. The van der Waals surface area contributed by atoms with Gasteiger partial charge in [-0.3, -0.25) is 9.80 Å². The molecule has 0 unspecified atom stereocenters. The van der Waals surface area contributed by atoms with Gasteiger partial charge in [-0.05, 0) is 44.7 Å². The van der Waals surface area contributed by atoms with Crippen molar-refractivity contribution < 1.29 is 14.3 Å². The number of carbonyl (C=O) groups is 1. The molecular weight excluding hydrogens is 244 g/mol. The molecule has 0 saturated carbocycles. The normalized spacial score (nSPS) is 38.4. The van der Waals surface area contributed by atoms with Gasteiger partial charge in [-0.2, -0.15) is 0 Å². The lowest BCUT2D eigenvalue weighted by Crippen LogP contribution is -2.69. The highest BCUT2D eigenvalue weighted by atomic mass is 16.7. The molecule has 4 aliphatic rings. The maximum atomic E-state index is 11.1. The zero-order chi connectivity index (χ0) is 12.9. The van der Waals surface area contributed by atoms with E-state index < -0.39 is 6.16 Å². The van der Waals surface area contributed by atoms with Crippen molar-refractivity contribution in [3.8, 4) is 0 Å². The Balaban J connectivity index is 1.57. The topological polar surface area (TPSA) is 42.0 Å². The van der Waals surface area contributed by atoms with Crippen molar-refractivity contribution in [3.63, 3.8) is 0 Å². The number of carbonyl (C=O) groups excluding carboxylic acids is 1. The Morgan fingerprint density at radius 3 is 2.16 bits per heavy atom. The molecule has 106 valence electrons. The van der Waals surface area contributed by atoms with Gasteiger partial charge in [0.25, 0.3) is 0 Å². The van der Waals surface area contributed by atoms with E-state index in [1.165, 1.54) is 38.8 Å². The number of ether oxygens (including phenoxy) is 2. The molecule has 4 fully saturated rings. The Morgan fingerprint density at radius 1 is 1.00 bits per heavy atom. The lowest BCUT2D eigenvalue weighted by molar-refractivity contribution is -0.169. The SMILES string of the molecule is O=C1OCC2(CO1)CN1CCCC3CCCN(C2)C31. The second-order valence-electron chi connectivity index (χ2n) is 6.73. The predicted octanol–water partition coefficient (Wildman–Crippen LogP) is 1.29. The Labute approximate surface area is 113 Å².